The fourth-order valence-corrected chi connectivity index (χ4v) is 4.15. The number of amides is 1. The van der Waals surface area contributed by atoms with Crippen LogP contribution in [0.3, 0.4) is 0 Å². The van der Waals surface area contributed by atoms with Gasteiger partial charge in [0.05, 0.1) is 4.90 Å². The maximum absolute atomic E-state index is 13.8. The van der Waals surface area contributed by atoms with Crippen LogP contribution >= 0.6 is 11.6 Å². The molecule has 0 saturated carbocycles. The molecule has 8 heteroatoms. The number of sulfonamides is 1. The quantitative estimate of drug-likeness (QED) is 0.757. The van der Waals surface area contributed by atoms with E-state index in [9.17, 15) is 17.6 Å². The summed E-state index contributed by atoms with van der Waals surface area (Å²) < 4.78 is 41.0. The second-order valence-electron chi connectivity index (χ2n) is 6.37. The van der Waals surface area contributed by atoms with Crippen LogP contribution in [-0.4, -0.2) is 32.8 Å². The van der Waals surface area contributed by atoms with Gasteiger partial charge in [0, 0.05) is 37.1 Å². The van der Waals surface area contributed by atoms with E-state index in [1.807, 2.05) is 6.92 Å². The van der Waals surface area contributed by atoms with Crippen molar-refractivity contribution in [3.63, 3.8) is 0 Å². The predicted molar refractivity (Wildman–Crippen MR) is 104 cm³/mol. The van der Waals surface area contributed by atoms with Gasteiger partial charge in [0.2, 0.25) is 15.9 Å². The van der Waals surface area contributed by atoms with Crippen molar-refractivity contribution in [2.24, 2.45) is 0 Å². The molecule has 0 bridgehead atoms. The summed E-state index contributed by atoms with van der Waals surface area (Å²) in [6.45, 7) is 3.56. The first-order valence-electron chi connectivity index (χ1n) is 8.35. The summed E-state index contributed by atoms with van der Waals surface area (Å²) in [5, 5.41) is 0.241. The highest BCUT2D eigenvalue weighted by molar-refractivity contribution is 7.89. The van der Waals surface area contributed by atoms with Gasteiger partial charge >= 0.3 is 0 Å². The van der Waals surface area contributed by atoms with Crippen molar-refractivity contribution in [1.29, 1.82) is 0 Å². The van der Waals surface area contributed by atoms with Crippen molar-refractivity contribution in [1.82, 2.24) is 9.62 Å². The Hall–Kier alpha value is -1.96. The second-order valence-corrected chi connectivity index (χ2v) is 8.51. The van der Waals surface area contributed by atoms with Gasteiger partial charge in [-0.2, -0.15) is 0 Å². The minimum Gasteiger partial charge on any atom is -0.341 e. The molecule has 1 N–H and O–H groups in total. The van der Waals surface area contributed by atoms with E-state index in [2.05, 4.69) is 4.72 Å². The molecule has 2 aromatic carbocycles. The Kier molecular flexibility index (Phi) is 6.97. The number of rotatable bonds is 7. The van der Waals surface area contributed by atoms with Gasteiger partial charge in [-0.25, -0.2) is 17.5 Å². The average Bonchev–Trinajstić information content (AvgIpc) is 2.57. The maximum Gasteiger partial charge on any atom is 0.240 e. The third-order valence-electron chi connectivity index (χ3n) is 4.13. The molecule has 0 spiro atoms. The first kappa shape index (κ1) is 21.3. The monoisotopic (exact) mass is 412 g/mol. The first-order valence-corrected chi connectivity index (χ1v) is 10.2. The van der Waals surface area contributed by atoms with Crippen molar-refractivity contribution >= 4 is 27.5 Å². The molecule has 0 saturated heterocycles. The summed E-state index contributed by atoms with van der Waals surface area (Å²) >= 11 is 5.97. The van der Waals surface area contributed by atoms with Crippen LogP contribution in [0.15, 0.2) is 41.3 Å². The molecular weight excluding hydrogens is 391 g/mol. The molecule has 0 unspecified atom stereocenters. The van der Waals surface area contributed by atoms with Crippen molar-refractivity contribution in [2.75, 3.05) is 13.6 Å². The number of hydrogen-bond acceptors (Lipinski definition) is 3. The lowest BCUT2D eigenvalue weighted by Crippen LogP contribution is -2.32. The number of carbonyl (C=O) groups excluding carboxylic acids is 1. The standard InChI is InChI=1S/C19H22ClFN2O3S/c1-13-7-8-18(14(2)11-13)27(25,26)22-10-9-19(24)23(3)12-15-16(20)5-4-6-17(15)21/h4-8,11,22H,9-10,12H2,1-3H3. The smallest absolute Gasteiger partial charge is 0.240 e. The minimum absolute atomic E-state index is 0.00810. The highest BCUT2D eigenvalue weighted by Gasteiger charge is 2.18. The van der Waals surface area contributed by atoms with Crippen molar-refractivity contribution in [3.8, 4) is 0 Å². The summed E-state index contributed by atoms with van der Waals surface area (Å²) in [6.07, 6.45) is -0.0489. The van der Waals surface area contributed by atoms with Gasteiger partial charge in [-0.1, -0.05) is 35.4 Å². The Morgan fingerprint density at radius 1 is 1.22 bits per heavy atom. The Bertz CT molecular complexity index is 928. The van der Waals surface area contributed by atoms with Gasteiger partial charge < -0.3 is 4.90 Å². The Balaban J connectivity index is 1.95. The summed E-state index contributed by atoms with van der Waals surface area (Å²) in [6, 6.07) is 9.37. The van der Waals surface area contributed by atoms with Gasteiger partial charge in [0.25, 0.3) is 0 Å². The van der Waals surface area contributed by atoms with E-state index in [-0.39, 0.29) is 40.9 Å². The zero-order valence-corrected chi connectivity index (χ0v) is 17.0. The molecule has 0 aromatic heterocycles. The third kappa shape index (κ3) is 5.51. The molecule has 0 fully saturated rings. The number of benzene rings is 2. The Morgan fingerprint density at radius 2 is 1.93 bits per heavy atom. The van der Waals surface area contributed by atoms with Crippen LogP contribution in [-0.2, 0) is 21.4 Å². The molecular formula is C19H22ClFN2O3S. The summed E-state index contributed by atoms with van der Waals surface area (Å²) in [5.74, 6) is -0.810. The van der Waals surface area contributed by atoms with E-state index >= 15 is 0 Å². The molecule has 0 aliphatic heterocycles. The number of nitrogens with zero attached hydrogens (tertiary/aromatic N) is 1. The highest BCUT2D eigenvalue weighted by atomic mass is 35.5. The Morgan fingerprint density at radius 3 is 2.56 bits per heavy atom. The van der Waals surface area contributed by atoms with Gasteiger partial charge in [-0.15, -0.1) is 0 Å². The SMILES string of the molecule is Cc1ccc(S(=O)(=O)NCCC(=O)N(C)Cc2c(F)cccc2Cl)c(C)c1. The average molecular weight is 413 g/mol. The van der Waals surface area contributed by atoms with Crippen molar-refractivity contribution in [2.45, 2.75) is 31.7 Å². The second kappa shape index (κ2) is 8.82. The van der Waals surface area contributed by atoms with E-state index in [0.717, 1.165) is 5.56 Å². The topological polar surface area (TPSA) is 66.5 Å². The van der Waals surface area contributed by atoms with Crippen LogP contribution in [0.4, 0.5) is 4.39 Å². The van der Waals surface area contributed by atoms with Gasteiger partial charge in [-0.3, -0.25) is 4.79 Å². The van der Waals surface area contributed by atoms with Gasteiger partial charge in [0.1, 0.15) is 5.82 Å². The number of nitrogens with one attached hydrogen (secondary N) is 1. The number of hydrogen-bond donors (Lipinski definition) is 1. The molecule has 0 radical (unpaired) electrons. The molecule has 0 aliphatic carbocycles. The fourth-order valence-electron chi connectivity index (χ4n) is 2.67. The highest BCUT2D eigenvalue weighted by Crippen LogP contribution is 2.20. The number of carbonyl (C=O) groups is 1. The normalized spacial score (nSPS) is 11.4. The van der Waals surface area contributed by atoms with Gasteiger partial charge in [-0.05, 0) is 37.6 Å². The van der Waals surface area contributed by atoms with Crippen LogP contribution in [0.2, 0.25) is 5.02 Å². The van der Waals surface area contributed by atoms with Crippen LogP contribution in [0.25, 0.3) is 0 Å². The fraction of sp³-hybridized carbons (Fsp3) is 0.316. The summed E-state index contributed by atoms with van der Waals surface area (Å²) in [7, 11) is -2.19. The number of aryl methyl sites for hydroxylation is 2. The number of halogens is 2. The maximum atomic E-state index is 13.8. The largest absolute Gasteiger partial charge is 0.341 e. The van der Waals surface area contributed by atoms with Crippen LogP contribution in [0.1, 0.15) is 23.1 Å². The minimum atomic E-state index is -3.70. The predicted octanol–water partition coefficient (Wildman–Crippen LogP) is 3.42. The molecule has 146 valence electrons. The summed E-state index contributed by atoms with van der Waals surface area (Å²) in [4.78, 5) is 13.7. The zero-order valence-electron chi connectivity index (χ0n) is 15.4. The van der Waals surface area contributed by atoms with E-state index < -0.39 is 15.8 Å². The van der Waals surface area contributed by atoms with Crippen LogP contribution < -0.4 is 4.72 Å². The van der Waals surface area contributed by atoms with E-state index in [1.54, 1.807) is 31.2 Å². The summed E-state index contributed by atoms with van der Waals surface area (Å²) in [5.41, 5.74) is 1.83. The van der Waals surface area contributed by atoms with Crippen LogP contribution in [0, 0.1) is 19.7 Å². The lowest BCUT2D eigenvalue weighted by molar-refractivity contribution is -0.130. The molecule has 5 nitrogen and oxygen atoms in total. The van der Waals surface area contributed by atoms with Crippen molar-refractivity contribution < 1.29 is 17.6 Å². The molecule has 2 aromatic rings. The Labute approximate surface area is 164 Å². The molecule has 1 amide bonds. The van der Waals surface area contributed by atoms with Crippen molar-refractivity contribution in [3.05, 3.63) is 63.9 Å². The van der Waals surface area contributed by atoms with E-state index in [1.165, 1.54) is 24.1 Å². The lowest BCUT2D eigenvalue weighted by atomic mass is 10.2. The van der Waals surface area contributed by atoms with E-state index in [0.29, 0.717) is 5.56 Å². The molecule has 0 atom stereocenters. The zero-order chi connectivity index (χ0) is 20.2. The molecule has 27 heavy (non-hydrogen) atoms. The van der Waals surface area contributed by atoms with Gasteiger partial charge in [0.15, 0.2) is 0 Å². The molecule has 0 heterocycles. The molecule has 0 aliphatic rings. The third-order valence-corrected chi connectivity index (χ3v) is 6.11. The first-order chi connectivity index (χ1) is 12.6. The van der Waals surface area contributed by atoms with E-state index in [4.69, 9.17) is 11.6 Å². The van der Waals surface area contributed by atoms with Crippen LogP contribution in [0.5, 0.6) is 0 Å². The lowest BCUT2D eigenvalue weighted by Gasteiger charge is -2.18. The molecule has 2 rings (SSSR count).